The van der Waals surface area contributed by atoms with Gasteiger partial charge in [-0.1, -0.05) is 30.7 Å². The van der Waals surface area contributed by atoms with Crippen molar-refractivity contribution in [3.8, 4) is 5.75 Å². The van der Waals surface area contributed by atoms with Crippen LogP contribution < -0.4 is 15.4 Å². The first-order chi connectivity index (χ1) is 14.0. The van der Waals surface area contributed by atoms with Crippen LogP contribution in [0.5, 0.6) is 5.75 Å². The Morgan fingerprint density at radius 3 is 2.55 bits per heavy atom. The van der Waals surface area contributed by atoms with Crippen LogP contribution in [0.15, 0.2) is 48.5 Å². The Labute approximate surface area is 174 Å². The van der Waals surface area contributed by atoms with Crippen molar-refractivity contribution in [1.82, 2.24) is 9.97 Å². The predicted molar refractivity (Wildman–Crippen MR) is 115 cm³/mol. The molecule has 1 heterocycles. The van der Waals surface area contributed by atoms with E-state index in [1.165, 1.54) is 0 Å². The van der Waals surface area contributed by atoms with Crippen LogP contribution >= 0.6 is 11.6 Å². The fourth-order valence-corrected chi connectivity index (χ4v) is 3.58. The number of carbonyl (C=O) groups is 1. The standard InChI is InChI=1S/C22H21ClN4O2/c1-13-11-17-20(18(28)12-13)21(24-15-9-7-14(23)8-10-15)27-22(26-17)25-16-5-3-4-6-19(16)29-2/h3-10,13H,11-12H2,1-2H3,(H2,24,25,26,27). The molecule has 3 aromatic rings. The molecule has 0 fully saturated rings. The number of para-hydroxylation sites is 2. The minimum Gasteiger partial charge on any atom is -0.495 e. The summed E-state index contributed by atoms with van der Waals surface area (Å²) in [5.41, 5.74) is 2.86. The van der Waals surface area contributed by atoms with E-state index in [0.717, 1.165) is 23.5 Å². The van der Waals surface area contributed by atoms with Crippen LogP contribution in [0.1, 0.15) is 29.4 Å². The summed E-state index contributed by atoms with van der Waals surface area (Å²) < 4.78 is 5.40. The first-order valence-corrected chi connectivity index (χ1v) is 9.78. The van der Waals surface area contributed by atoms with E-state index in [0.29, 0.717) is 34.5 Å². The van der Waals surface area contributed by atoms with E-state index in [-0.39, 0.29) is 11.7 Å². The summed E-state index contributed by atoms with van der Waals surface area (Å²) in [5, 5.41) is 7.12. The first kappa shape index (κ1) is 19.2. The summed E-state index contributed by atoms with van der Waals surface area (Å²) in [4.78, 5) is 22.0. The zero-order chi connectivity index (χ0) is 20.4. The van der Waals surface area contributed by atoms with Crippen molar-refractivity contribution in [2.75, 3.05) is 17.7 Å². The molecule has 148 valence electrons. The minimum atomic E-state index is 0.0547. The van der Waals surface area contributed by atoms with E-state index in [1.807, 2.05) is 36.4 Å². The number of anilines is 4. The van der Waals surface area contributed by atoms with Crippen LogP contribution in [0.4, 0.5) is 23.1 Å². The maximum atomic E-state index is 12.7. The third-order valence-electron chi connectivity index (χ3n) is 4.80. The van der Waals surface area contributed by atoms with Gasteiger partial charge in [-0.2, -0.15) is 4.98 Å². The fraction of sp³-hybridized carbons (Fsp3) is 0.227. The van der Waals surface area contributed by atoms with Crippen molar-refractivity contribution in [2.24, 2.45) is 5.92 Å². The fourth-order valence-electron chi connectivity index (χ4n) is 3.45. The highest BCUT2D eigenvalue weighted by Gasteiger charge is 2.28. The average Bonchev–Trinajstić information content (AvgIpc) is 2.69. The number of Topliss-reactive ketones (excluding diaryl/α,β-unsaturated/α-hetero) is 1. The molecule has 0 spiro atoms. The molecule has 1 unspecified atom stereocenters. The summed E-state index contributed by atoms with van der Waals surface area (Å²) >= 11 is 5.98. The Balaban J connectivity index is 1.76. The van der Waals surface area contributed by atoms with Gasteiger partial charge in [-0.05, 0) is 48.7 Å². The number of ketones is 1. The molecular weight excluding hydrogens is 388 g/mol. The number of carbonyl (C=O) groups excluding carboxylic acids is 1. The summed E-state index contributed by atoms with van der Waals surface area (Å²) in [6, 6.07) is 14.8. The molecule has 2 N–H and O–H groups in total. The molecule has 29 heavy (non-hydrogen) atoms. The van der Waals surface area contributed by atoms with Crippen LogP contribution in [0.25, 0.3) is 0 Å². The number of aromatic nitrogens is 2. The van der Waals surface area contributed by atoms with E-state index in [1.54, 1.807) is 19.2 Å². The number of hydrogen-bond acceptors (Lipinski definition) is 6. The number of rotatable bonds is 5. The predicted octanol–water partition coefficient (Wildman–Crippen LogP) is 5.39. The first-order valence-electron chi connectivity index (χ1n) is 9.40. The molecule has 1 aliphatic carbocycles. The normalized spacial score (nSPS) is 15.6. The van der Waals surface area contributed by atoms with E-state index in [4.69, 9.17) is 16.3 Å². The number of halogens is 1. The largest absolute Gasteiger partial charge is 0.495 e. The number of nitrogens with zero attached hydrogens (tertiary/aromatic N) is 2. The van der Waals surface area contributed by atoms with Gasteiger partial charge in [0, 0.05) is 17.1 Å². The van der Waals surface area contributed by atoms with Gasteiger partial charge in [-0.15, -0.1) is 0 Å². The molecule has 0 bridgehead atoms. The van der Waals surface area contributed by atoms with Gasteiger partial charge in [0.05, 0.1) is 24.1 Å². The second-order valence-electron chi connectivity index (χ2n) is 7.11. The van der Waals surface area contributed by atoms with Crippen LogP contribution in [0, 0.1) is 5.92 Å². The minimum absolute atomic E-state index is 0.0547. The molecule has 0 radical (unpaired) electrons. The van der Waals surface area contributed by atoms with E-state index >= 15 is 0 Å². The molecular formula is C22H21ClN4O2. The SMILES string of the molecule is COc1ccccc1Nc1nc2c(c(Nc3ccc(Cl)cc3)n1)C(=O)CC(C)C2. The number of ether oxygens (including phenoxy) is 1. The van der Waals surface area contributed by atoms with Crippen molar-refractivity contribution in [3.63, 3.8) is 0 Å². The van der Waals surface area contributed by atoms with Gasteiger partial charge < -0.3 is 15.4 Å². The Morgan fingerprint density at radius 2 is 1.79 bits per heavy atom. The third-order valence-corrected chi connectivity index (χ3v) is 5.05. The molecule has 1 aliphatic rings. The maximum absolute atomic E-state index is 12.7. The molecule has 0 amide bonds. The Bertz CT molecular complexity index is 1050. The summed E-state index contributed by atoms with van der Waals surface area (Å²) in [7, 11) is 1.61. The Kier molecular flexibility index (Phi) is 5.36. The van der Waals surface area contributed by atoms with Crippen LogP contribution in [-0.2, 0) is 6.42 Å². The molecule has 0 saturated carbocycles. The molecule has 1 aromatic heterocycles. The summed E-state index contributed by atoms with van der Waals surface area (Å²) in [5.74, 6) is 1.88. The molecule has 0 saturated heterocycles. The monoisotopic (exact) mass is 408 g/mol. The lowest BCUT2D eigenvalue weighted by molar-refractivity contribution is 0.0953. The number of hydrogen-bond donors (Lipinski definition) is 2. The smallest absolute Gasteiger partial charge is 0.229 e. The average molecular weight is 409 g/mol. The van der Waals surface area contributed by atoms with E-state index in [2.05, 4.69) is 27.5 Å². The van der Waals surface area contributed by atoms with Gasteiger partial charge in [0.2, 0.25) is 5.95 Å². The molecule has 4 rings (SSSR count). The maximum Gasteiger partial charge on any atom is 0.229 e. The summed E-state index contributed by atoms with van der Waals surface area (Å²) in [6.45, 7) is 2.06. The number of benzene rings is 2. The third kappa shape index (κ3) is 4.17. The molecule has 6 nitrogen and oxygen atoms in total. The van der Waals surface area contributed by atoms with Gasteiger partial charge in [0.1, 0.15) is 11.6 Å². The van der Waals surface area contributed by atoms with Gasteiger partial charge >= 0.3 is 0 Å². The van der Waals surface area contributed by atoms with Crippen molar-refractivity contribution < 1.29 is 9.53 Å². The summed E-state index contributed by atoms with van der Waals surface area (Å²) in [6.07, 6.45) is 1.21. The van der Waals surface area contributed by atoms with Crippen LogP contribution in [-0.4, -0.2) is 22.9 Å². The van der Waals surface area contributed by atoms with Crippen molar-refractivity contribution in [2.45, 2.75) is 19.8 Å². The Morgan fingerprint density at radius 1 is 1.03 bits per heavy atom. The lowest BCUT2D eigenvalue weighted by atomic mass is 9.87. The van der Waals surface area contributed by atoms with Gasteiger partial charge in [-0.3, -0.25) is 4.79 Å². The lowest BCUT2D eigenvalue weighted by Crippen LogP contribution is -2.22. The van der Waals surface area contributed by atoms with Crippen molar-refractivity contribution >= 4 is 40.5 Å². The molecule has 0 aliphatic heterocycles. The van der Waals surface area contributed by atoms with E-state index < -0.39 is 0 Å². The highest BCUT2D eigenvalue weighted by Crippen LogP contribution is 2.33. The lowest BCUT2D eigenvalue weighted by Gasteiger charge is -2.23. The molecule has 2 aromatic carbocycles. The van der Waals surface area contributed by atoms with Crippen LogP contribution in [0.2, 0.25) is 5.02 Å². The van der Waals surface area contributed by atoms with Crippen LogP contribution in [0.3, 0.4) is 0 Å². The van der Waals surface area contributed by atoms with Gasteiger partial charge in [0.15, 0.2) is 5.78 Å². The zero-order valence-electron chi connectivity index (χ0n) is 16.2. The van der Waals surface area contributed by atoms with E-state index in [9.17, 15) is 4.79 Å². The van der Waals surface area contributed by atoms with Gasteiger partial charge in [0.25, 0.3) is 0 Å². The number of methoxy groups -OCH3 is 1. The highest BCUT2D eigenvalue weighted by atomic mass is 35.5. The van der Waals surface area contributed by atoms with Crippen molar-refractivity contribution in [3.05, 3.63) is 64.8 Å². The van der Waals surface area contributed by atoms with Gasteiger partial charge in [-0.25, -0.2) is 4.98 Å². The topological polar surface area (TPSA) is 76.1 Å². The zero-order valence-corrected chi connectivity index (χ0v) is 17.0. The quantitative estimate of drug-likeness (QED) is 0.589. The van der Waals surface area contributed by atoms with Crippen molar-refractivity contribution in [1.29, 1.82) is 0 Å². The number of fused-ring (bicyclic) bond motifs is 1. The molecule has 7 heteroatoms. The highest BCUT2D eigenvalue weighted by molar-refractivity contribution is 6.30. The Hall–Kier alpha value is -3.12. The molecule has 1 atom stereocenters. The second kappa shape index (κ2) is 8.09. The second-order valence-corrected chi connectivity index (χ2v) is 7.55. The number of nitrogens with one attached hydrogen (secondary N) is 2.